The fourth-order valence-electron chi connectivity index (χ4n) is 4.28. The summed E-state index contributed by atoms with van der Waals surface area (Å²) in [4.78, 5) is 40.2. The number of likely N-dealkylation sites (tertiary alicyclic amines) is 1. The quantitative estimate of drug-likeness (QED) is 0.589. The van der Waals surface area contributed by atoms with Crippen LogP contribution in [-0.2, 0) is 14.4 Å². The van der Waals surface area contributed by atoms with E-state index in [0.717, 1.165) is 0 Å². The lowest BCUT2D eigenvalue weighted by Gasteiger charge is -2.33. The van der Waals surface area contributed by atoms with Crippen molar-refractivity contribution in [1.82, 2.24) is 15.5 Å². The van der Waals surface area contributed by atoms with Gasteiger partial charge in [-0.25, -0.2) is 0 Å². The van der Waals surface area contributed by atoms with Gasteiger partial charge in [0.1, 0.15) is 6.04 Å². The third kappa shape index (κ3) is 3.49. The molecule has 0 aromatic heterocycles. The lowest BCUT2D eigenvalue weighted by atomic mass is 9.70. The highest BCUT2D eigenvalue weighted by Crippen LogP contribution is 2.44. The van der Waals surface area contributed by atoms with Gasteiger partial charge >= 0.3 is 0 Å². The van der Waals surface area contributed by atoms with Crippen LogP contribution in [-0.4, -0.2) is 59.5 Å². The fourth-order valence-corrected chi connectivity index (χ4v) is 4.28. The average Bonchev–Trinajstić information content (AvgIpc) is 2.88. The Morgan fingerprint density at radius 3 is 2.42 bits per heavy atom. The van der Waals surface area contributed by atoms with Gasteiger partial charge in [-0.3, -0.25) is 14.4 Å². The van der Waals surface area contributed by atoms with E-state index in [1.54, 1.807) is 7.05 Å². The standard InChI is InChI=1S/C19H31N3O4/c1-6-12(9-23)22-16(18(25)21-10(2)3)13-8-7-11(4)14(17(24)20-5)15(13)19(22)26/h7-8,10-16,23H,6,9H2,1-5H3,(H,20,24)(H,21,25)/t11-,12+,13+,14-,15-,16+/m1/s1. The zero-order valence-corrected chi connectivity index (χ0v) is 16.2. The molecule has 146 valence electrons. The predicted octanol–water partition coefficient (Wildman–Crippen LogP) is 0.293. The molecule has 0 aromatic carbocycles. The second kappa shape index (κ2) is 8.20. The van der Waals surface area contributed by atoms with Crippen molar-refractivity contribution in [3.05, 3.63) is 12.2 Å². The van der Waals surface area contributed by atoms with Gasteiger partial charge in [0.2, 0.25) is 17.7 Å². The van der Waals surface area contributed by atoms with E-state index in [1.807, 2.05) is 39.8 Å². The minimum absolute atomic E-state index is 0.0612. The number of rotatable bonds is 6. The van der Waals surface area contributed by atoms with Gasteiger partial charge in [-0.05, 0) is 26.2 Å². The minimum atomic E-state index is -0.706. The van der Waals surface area contributed by atoms with Gasteiger partial charge in [-0.1, -0.05) is 26.0 Å². The Bertz CT molecular complexity index is 585. The first-order valence-corrected chi connectivity index (χ1v) is 9.41. The molecule has 0 spiro atoms. The molecule has 0 saturated carbocycles. The molecule has 2 aliphatic rings. The van der Waals surface area contributed by atoms with E-state index in [0.29, 0.717) is 6.42 Å². The Balaban J connectivity index is 2.50. The third-order valence-corrected chi connectivity index (χ3v) is 5.53. The number of nitrogens with one attached hydrogen (secondary N) is 2. The number of aliphatic hydroxyl groups is 1. The zero-order valence-electron chi connectivity index (χ0n) is 16.2. The smallest absolute Gasteiger partial charge is 0.243 e. The molecule has 3 N–H and O–H groups in total. The molecule has 1 heterocycles. The molecule has 0 unspecified atom stereocenters. The molecule has 0 aromatic rings. The Labute approximate surface area is 155 Å². The number of carbonyl (C=O) groups excluding carboxylic acids is 3. The lowest BCUT2D eigenvalue weighted by molar-refractivity contribution is -0.143. The molecule has 0 bridgehead atoms. The summed E-state index contributed by atoms with van der Waals surface area (Å²) in [7, 11) is 1.56. The molecule has 1 fully saturated rings. The van der Waals surface area contributed by atoms with Crippen molar-refractivity contribution >= 4 is 17.7 Å². The minimum Gasteiger partial charge on any atom is -0.394 e. The molecular weight excluding hydrogens is 334 g/mol. The molecule has 1 aliphatic heterocycles. The van der Waals surface area contributed by atoms with Gasteiger partial charge < -0.3 is 20.6 Å². The Kier molecular flexibility index (Phi) is 6.44. The first-order valence-electron chi connectivity index (χ1n) is 9.41. The fraction of sp³-hybridized carbons (Fsp3) is 0.737. The maximum Gasteiger partial charge on any atom is 0.243 e. The van der Waals surface area contributed by atoms with Crippen LogP contribution in [0, 0.1) is 23.7 Å². The highest BCUT2D eigenvalue weighted by atomic mass is 16.3. The van der Waals surface area contributed by atoms with E-state index in [2.05, 4.69) is 10.6 Å². The molecular formula is C19H31N3O4. The number of hydrogen-bond donors (Lipinski definition) is 3. The van der Waals surface area contributed by atoms with Crippen LogP contribution in [0.3, 0.4) is 0 Å². The Hall–Kier alpha value is -1.89. The maximum atomic E-state index is 13.3. The maximum absolute atomic E-state index is 13.3. The van der Waals surface area contributed by atoms with Crippen LogP contribution in [0.5, 0.6) is 0 Å². The lowest BCUT2D eigenvalue weighted by Crippen LogP contribution is -2.53. The number of allylic oxidation sites excluding steroid dienone is 1. The average molecular weight is 365 g/mol. The van der Waals surface area contributed by atoms with Crippen molar-refractivity contribution in [3.63, 3.8) is 0 Å². The second-order valence-electron chi connectivity index (χ2n) is 7.59. The first-order chi connectivity index (χ1) is 12.3. The van der Waals surface area contributed by atoms with Gasteiger partial charge in [-0.15, -0.1) is 0 Å². The van der Waals surface area contributed by atoms with E-state index in [1.165, 1.54) is 4.90 Å². The van der Waals surface area contributed by atoms with Crippen LogP contribution in [0.25, 0.3) is 0 Å². The summed E-state index contributed by atoms with van der Waals surface area (Å²) in [5, 5.41) is 15.3. The molecule has 26 heavy (non-hydrogen) atoms. The van der Waals surface area contributed by atoms with Crippen LogP contribution in [0.1, 0.15) is 34.1 Å². The number of carbonyl (C=O) groups is 3. The summed E-state index contributed by atoms with van der Waals surface area (Å²) in [6.45, 7) is 7.31. The topological polar surface area (TPSA) is 98.7 Å². The Morgan fingerprint density at radius 2 is 1.92 bits per heavy atom. The monoisotopic (exact) mass is 365 g/mol. The van der Waals surface area contributed by atoms with E-state index >= 15 is 0 Å². The number of fused-ring (bicyclic) bond motifs is 1. The van der Waals surface area contributed by atoms with Crippen LogP contribution < -0.4 is 10.6 Å². The van der Waals surface area contributed by atoms with E-state index in [4.69, 9.17) is 0 Å². The predicted molar refractivity (Wildman–Crippen MR) is 97.9 cm³/mol. The Morgan fingerprint density at radius 1 is 1.27 bits per heavy atom. The van der Waals surface area contributed by atoms with Crippen molar-refractivity contribution in [3.8, 4) is 0 Å². The molecule has 3 amide bonds. The van der Waals surface area contributed by atoms with Crippen molar-refractivity contribution in [2.75, 3.05) is 13.7 Å². The summed E-state index contributed by atoms with van der Waals surface area (Å²) in [5.74, 6) is -2.21. The number of aliphatic hydroxyl groups excluding tert-OH is 1. The first kappa shape index (κ1) is 20.4. The number of amides is 3. The largest absolute Gasteiger partial charge is 0.394 e. The second-order valence-corrected chi connectivity index (χ2v) is 7.59. The summed E-state index contributed by atoms with van der Waals surface area (Å²) in [6, 6.07) is -1.21. The summed E-state index contributed by atoms with van der Waals surface area (Å²) in [5.41, 5.74) is 0. The van der Waals surface area contributed by atoms with Gasteiger partial charge in [0.05, 0.1) is 24.5 Å². The van der Waals surface area contributed by atoms with Gasteiger partial charge in [0, 0.05) is 19.0 Å². The van der Waals surface area contributed by atoms with Gasteiger partial charge in [0.15, 0.2) is 0 Å². The number of nitrogens with zero attached hydrogens (tertiary/aromatic N) is 1. The SMILES string of the molecule is CC[C@@H](CO)N1C(=O)[C@@H]2[C@H](C=C[C@@H](C)[C@H]2C(=O)NC)[C@H]1C(=O)NC(C)C. The third-order valence-electron chi connectivity index (χ3n) is 5.53. The number of hydrogen-bond acceptors (Lipinski definition) is 4. The highest BCUT2D eigenvalue weighted by Gasteiger charge is 2.57. The van der Waals surface area contributed by atoms with E-state index in [9.17, 15) is 19.5 Å². The molecule has 7 nitrogen and oxygen atoms in total. The highest BCUT2D eigenvalue weighted by molar-refractivity contribution is 5.97. The molecule has 1 aliphatic carbocycles. The van der Waals surface area contributed by atoms with E-state index < -0.39 is 23.9 Å². The van der Waals surface area contributed by atoms with Gasteiger partial charge in [-0.2, -0.15) is 0 Å². The molecule has 2 rings (SSSR count). The zero-order chi connectivity index (χ0) is 19.6. The summed E-state index contributed by atoms with van der Waals surface area (Å²) in [6.07, 6.45) is 4.37. The van der Waals surface area contributed by atoms with Gasteiger partial charge in [0.25, 0.3) is 0 Å². The molecule has 0 radical (unpaired) electrons. The van der Waals surface area contributed by atoms with Crippen LogP contribution in [0.4, 0.5) is 0 Å². The van der Waals surface area contributed by atoms with Crippen molar-refractivity contribution in [2.24, 2.45) is 23.7 Å². The van der Waals surface area contributed by atoms with Crippen LogP contribution in [0.2, 0.25) is 0 Å². The van der Waals surface area contributed by atoms with Crippen molar-refractivity contribution in [2.45, 2.75) is 52.2 Å². The normalized spacial score (nSPS) is 31.7. The molecule has 1 saturated heterocycles. The molecule has 6 atom stereocenters. The van der Waals surface area contributed by atoms with Crippen molar-refractivity contribution < 1.29 is 19.5 Å². The van der Waals surface area contributed by atoms with Crippen LogP contribution >= 0.6 is 0 Å². The van der Waals surface area contributed by atoms with E-state index in [-0.39, 0.29) is 42.2 Å². The van der Waals surface area contributed by atoms with Crippen molar-refractivity contribution in [1.29, 1.82) is 0 Å². The summed E-state index contributed by atoms with van der Waals surface area (Å²) >= 11 is 0. The molecule has 7 heteroatoms. The summed E-state index contributed by atoms with van der Waals surface area (Å²) < 4.78 is 0. The van der Waals surface area contributed by atoms with Crippen LogP contribution in [0.15, 0.2) is 12.2 Å².